The number of ether oxygens (including phenoxy) is 1. The lowest BCUT2D eigenvalue weighted by molar-refractivity contribution is 0.0525. The van der Waals surface area contributed by atoms with Crippen LogP contribution >= 0.6 is 0 Å². The molecule has 0 saturated heterocycles. The fourth-order valence-corrected chi connectivity index (χ4v) is 3.45. The average molecular weight is 377 g/mol. The van der Waals surface area contributed by atoms with E-state index >= 15 is 0 Å². The van der Waals surface area contributed by atoms with Crippen molar-refractivity contribution < 1.29 is 19.1 Å². The molecule has 7 nitrogen and oxygen atoms in total. The van der Waals surface area contributed by atoms with E-state index < -0.39 is 0 Å². The van der Waals surface area contributed by atoms with Gasteiger partial charge in [-0.25, -0.2) is 4.79 Å². The topological polar surface area (TPSA) is 92.4 Å². The van der Waals surface area contributed by atoms with Crippen molar-refractivity contribution >= 4 is 28.7 Å². The largest absolute Gasteiger partial charge is 0.462 e. The second-order valence-electron chi connectivity index (χ2n) is 6.56. The van der Waals surface area contributed by atoms with Crippen LogP contribution in [0.5, 0.6) is 0 Å². The molecule has 0 saturated carbocycles. The smallest absolute Gasteiger partial charge is 0.338 e. The number of amides is 2. The number of hydrogen-bond donors (Lipinski definition) is 1. The zero-order chi connectivity index (χ0) is 19.7. The van der Waals surface area contributed by atoms with Crippen LogP contribution < -0.4 is 0 Å². The molecule has 4 rings (SSSR count). The van der Waals surface area contributed by atoms with Crippen LogP contribution in [0, 0.1) is 0 Å². The normalized spacial score (nSPS) is 13.2. The van der Waals surface area contributed by atoms with Crippen molar-refractivity contribution in [3.8, 4) is 0 Å². The molecule has 7 heteroatoms. The van der Waals surface area contributed by atoms with Crippen LogP contribution in [0.4, 0.5) is 0 Å². The van der Waals surface area contributed by atoms with Crippen LogP contribution in [0.15, 0.2) is 42.5 Å². The van der Waals surface area contributed by atoms with Crippen LogP contribution in [0.2, 0.25) is 0 Å². The number of carbonyl (C=O) groups excluding carboxylic acids is 3. The number of esters is 1. The molecule has 0 radical (unpaired) electrons. The van der Waals surface area contributed by atoms with Gasteiger partial charge in [0.25, 0.3) is 11.8 Å². The van der Waals surface area contributed by atoms with Gasteiger partial charge in [0.1, 0.15) is 0 Å². The molecule has 0 atom stereocenters. The van der Waals surface area contributed by atoms with Crippen molar-refractivity contribution in [3.63, 3.8) is 0 Å². The third kappa shape index (κ3) is 3.05. The first-order valence-corrected chi connectivity index (χ1v) is 9.19. The predicted octanol–water partition coefficient (Wildman–Crippen LogP) is 2.97. The van der Waals surface area contributed by atoms with Crippen LogP contribution in [0.1, 0.15) is 50.1 Å². The molecule has 2 aromatic carbocycles. The van der Waals surface area contributed by atoms with E-state index in [4.69, 9.17) is 4.74 Å². The molecule has 1 aliphatic heterocycles. The van der Waals surface area contributed by atoms with E-state index in [0.29, 0.717) is 42.7 Å². The number of nitrogens with zero attached hydrogens (tertiary/aromatic N) is 2. The van der Waals surface area contributed by atoms with Gasteiger partial charge in [0.15, 0.2) is 0 Å². The number of H-pyrrole nitrogens is 1. The first-order chi connectivity index (χ1) is 13.6. The van der Waals surface area contributed by atoms with Gasteiger partial charge in [-0.2, -0.15) is 5.10 Å². The maximum Gasteiger partial charge on any atom is 0.338 e. The number of hydrogen-bond acceptors (Lipinski definition) is 5. The SMILES string of the molecule is CCOC(=O)c1ccc2[nH]nc(CCCN3C(=O)c4ccccc4C3=O)c2c1. The molecule has 0 bridgehead atoms. The lowest BCUT2D eigenvalue weighted by atomic mass is 10.1. The second-order valence-corrected chi connectivity index (χ2v) is 6.56. The summed E-state index contributed by atoms with van der Waals surface area (Å²) in [5.41, 5.74) is 2.99. The number of imide groups is 1. The van der Waals surface area contributed by atoms with Gasteiger partial charge in [-0.1, -0.05) is 12.1 Å². The minimum Gasteiger partial charge on any atom is -0.462 e. The standard InChI is InChI=1S/C21H19N3O4/c1-2-28-21(27)13-9-10-18-16(12-13)17(22-23-18)8-5-11-24-19(25)14-6-3-4-7-15(14)20(24)26/h3-4,6-7,9-10,12H,2,5,8,11H2,1H3,(H,22,23). The van der Waals surface area contributed by atoms with Gasteiger partial charge in [0.2, 0.25) is 0 Å². The summed E-state index contributed by atoms with van der Waals surface area (Å²) in [6.45, 7) is 2.40. The number of rotatable bonds is 6. The maximum atomic E-state index is 12.4. The Balaban J connectivity index is 1.46. The quantitative estimate of drug-likeness (QED) is 0.527. The highest BCUT2D eigenvalue weighted by atomic mass is 16.5. The summed E-state index contributed by atoms with van der Waals surface area (Å²) in [5, 5.41) is 8.11. The van der Waals surface area contributed by atoms with Crippen LogP contribution in [-0.4, -0.2) is 46.0 Å². The molecule has 0 spiro atoms. The number of fused-ring (bicyclic) bond motifs is 2. The number of aryl methyl sites for hydroxylation is 1. The molecule has 2 heterocycles. The fraction of sp³-hybridized carbons (Fsp3) is 0.238. The van der Waals surface area contributed by atoms with E-state index in [2.05, 4.69) is 10.2 Å². The van der Waals surface area contributed by atoms with Crippen molar-refractivity contribution in [2.24, 2.45) is 0 Å². The van der Waals surface area contributed by atoms with Gasteiger partial charge < -0.3 is 4.74 Å². The average Bonchev–Trinajstić information content (AvgIpc) is 3.22. The Morgan fingerprint density at radius 3 is 2.50 bits per heavy atom. The van der Waals surface area contributed by atoms with E-state index in [1.807, 2.05) is 0 Å². The minimum atomic E-state index is -0.373. The molecule has 0 unspecified atom stereocenters. The number of nitrogens with one attached hydrogen (secondary N) is 1. The summed E-state index contributed by atoms with van der Waals surface area (Å²) in [5.74, 6) is -0.878. The zero-order valence-electron chi connectivity index (χ0n) is 15.4. The Hall–Kier alpha value is -3.48. The molecule has 1 aromatic heterocycles. The first kappa shape index (κ1) is 17.9. The number of aromatic amines is 1. The summed E-state index contributed by atoms with van der Waals surface area (Å²) in [6, 6.07) is 12.1. The van der Waals surface area contributed by atoms with Gasteiger partial charge in [0, 0.05) is 11.9 Å². The molecule has 0 aliphatic carbocycles. The third-order valence-electron chi connectivity index (χ3n) is 4.83. The van der Waals surface area contributed by atoms with Crippen LogP contribution in [0.25, 0.3) is 10.9 Å². The highest BCUT2D eigenvalue weighted by Crippen LogP contribution is 2.24. The highest BCUT2D eigenvalue weighted by molar-refractivity contribution is 6.21. The number of benzene rings is 2. The van der Waals surface area contributed by atoms with E-state index in [0.717, 1.165) is 16.6 Å². The molecule has 28 heavy (non-hydrogen) atoms. The predicted molar refractivity (Wildman–Crippen MR) is 102 cm³/mol. The van der Waals surface area contributed by atoms with Gasteiger partial charge >= 0.3 is 5.97 Å². The van der Waals surface area contributed by atoms with Crippen molar-refractivity contribution in [1.29, 1.82) is 0 Å². The van der Waals surface area contributed by atoms with E-state index in [-0.39, 0.29) is 17.8 Å². The first-order valence-electron chi connectivity index (χ1n) is 9.19. The molecule has 2 amide bonds. The Bertz CT molecular complexity index is 1050. The van der Waals surface area contributed by atoms with Crippen molar-refractivity contribution in [1.82, 2.24) is 15.1 Å². The zero-order valence-corrected chi connectivity index (χ0v) is 15.4. The third-order valence-corrected chi connectivity index (χ3v) is 4.83. The summed E-state index contributed by atoms with van der Waals surface area (Å²) in [6.07, 6.45) is 1.15. The van der Waals surface area contributed by atoms with Crippen molar-refractivity contribution in [2.45, 2.75) is 19.8 Å². The van der Waals surface area contributed by atoms with Crippen molar-refractivity contribution in [2.75, 3.05) is 13.2 Å². The monoisotopic (exact) mass is 377 g/mol. The lowest BCUT2D eigenvalue weighted by Crippen LogP contribution is -2.31. The summed E-state index contributed by atoms with van der Waals surface area (Å²) in [7, 11) is 0. The maximum absolute atomic E-state index is 12.4. The van der Waals surface area contributed by atoms with Gasteiger partial charge in [0.05, 0.1) is 34.5 Å². The minimum absolute atomic E-state index is 0.253. The van der Waals surface area contributed by atoms with Gasteiger partial charge in [-0.15, -0.1) is 0 Å². The molecule has 3 aromatic rings. The van der Waals surface area contributed by atoms with E-state index in [9.17, 15) is 14.4 Å². The number of carbonyl (C=O) groups is 3. The molecule has 142 valence electrons. The molecular weight excluding hydrogens is 358 g/mol. The van der Waals surface area contributed by atoms with Crippen LogP contribution in [-0.2, 0) is 11.2 Å². The van der Waals surface area contributed by atoms with Crippen LogP contribution in [0.3, 0.4) is 0 Å². The Labute approximate surface area is 161 Å². The fourth-order valence-electron chi connectivity index (χ4n) is 3.45. The van der Waals surface area contributed by atoms with E-state index in [1.54, 1.807) is 49.4 Å². The molecule has 0 fully saturated rings. The highest BCUT2D eigenvalue weighted by Gasteiger charge is 2.34. The Morgan fingerprint density at radius 1 is 1.11 bits per heavy atom. The lowest BCUT2D eigenvalue weighted by Gasteiger charge is -2.13. The summed E-state index contributed by atoms with van der Waals surface area (Å²) in [4.78, 5) is 38.1. The number of aromatic nitrogens is 2. The summed E-state index contributed by atoms with van der Waals surface area (Å²) < 4.78 is 5.05. The molecule has 1 aliphatic rings. The van der Waals surface area contributed by atoms with Crippen molar-refractivity contribution in [3.05, 3.63) is 64.8 Å². The summed E-state index contributed by atoms with van der Waals surface area (Å²) >= 11 is 0. The second kappa shape index (κ2) is 7.26. The van der Waals surface area contributed by atoms with Gasteiger partial charge in [-0.05, 0) is 50.1 Å². The van der Waals surface area contributed by atoms with E-state index in [1.165, 1.54) is 4.90 Å². The molecule has 1 N–H and O–H groups in total. The molecular formula is C21H19N3O4. The Kier molecular flexibility index (Phi) is 4.65. The van der Waals surface area contributed by atoms with Gasteiger partial charge in [-0.3, -0.25) is 19.6 Å². The Morgan fingerprint density at radius 2 is 1.82 bits per heavy atom.